The Hall–Kier alpha value is -1.65. The van der Waals surface area contributed by atoms with Gasteiger partial charge < -0.3 is 0 Å². The third kappa shape index (κ3) is 3.70. The number of hydrogen-bond donors (Lipinski definition) is 0. The summed E-state index contributed by atoms with van der Waals surface area (Å²) in [7, 11) is -3.44. The molecule has 0 bridgehead atoms. The van der Waals surface area contributed by atoms with Crippen LogP contribution >= 0.6 is 0 Å². The quantitative estimate of drug-likeness (QED) is 0.840. The van der Waals surface area contributed by atoms with Crippen molar-refractivity contribution in [2.45, 2.75) is 44.0 Å². The fraction of sp³-hybridized carbons (Fsp3) is 0.400. The van der Waals surface area contributed by atoms with E-state index < -0.39 is 10.0 Å². The van der Waals surface area contributed by atoms with Crippen LogP contribution in [0.5, 0.6) is 0 Å². The molecule has 1 aliphatic heterocycles. The molecule has 0 radical (unpaired) electrons. The van der Waals surface area contributed by atoms with Gasteiger partial charge in [0.2, 0.25) is 10.0 Å². The smallest absolute Gasteiger partial charge is 0.207 e. The average molecular weight is 343 g/mol. The summed E-state index contributed by atoms with van der Waals surface area (Å²) in [6, 6.07) is 17.4. The van der Waals surface area contributed by atoms with Crippen molar-refractivity contribution in [3.63, 3.8) is 0 Å². The van der Waals surface area contributed by atoms with Crippen LogP contribution in [0.4, 0.5) is 0 Å². The average Bonchev–Trinajstić information content (AvgIpc) is 2.56. The third-order valence-electron chi connectivity index (χ3n) is 4.87. The molecule has 24 heavy (non-hydrogen) atoms. The van der Waals surface area contributed by atoms with Gasteiger partial charge in [0.1, 0.15) is 0 Å². The Balaban J connectivity index is 1.89. The van der Waals surface area contributed by atoms with Gasteiger partial charge in [-0.05, 0) is 49.8 Å². The maximum absolute atomic E-state index is 13.1. The molecule has 2 atom stereocenters. The van der Waals surface area contributed by atoms with Gasteiger partial charge in [-0.15, -0.1) is 0 Å². The monoisotopic (exact) mass is 343 g/mol. The molecule has 0 spiro atoms. The summed E-state index contributed by atoms with van der Waals surface area (Å²) in [5, 5.41) is 0. The topological polar surface area (TPSA) is 37.4 Å². The van der Waals surface area contributed by atoms with Crippen molar-refractivity contribution in [2.24, 2.45) is 5.92 Å². The first-order valence-corrected chi connectivity index (χ1v) is 10.0. The highest BCUT2D eigenvalue weighted by molar-refractivity contribution is 7.89. The van der Waals surface area contributed by atoms with E-state index in [2.05, 4.69) is 19.1 Å². The van der Waals surface area contributed by atoms with Gasteiger partial charge in [-0.2, -0.15) is 4.31 Å². The van der Waals surface area contributed by atoms with Gasteiger partial charge in [0.15, 0.2) is 0 Å². The molecule has 0 aromatic heterocycles. The number of benzene rings is 2. The summed E-state index contributed by atoms with van der Waals surface area (Å²) in [4.78, 5) is 0.403. The first-order valence-electron chi connectivity index (χ1n) is 8.59. The second-order valence-corrected chi connectivity index (χ2v) is 8.79. The molecule has 1 fully saturated rings. The number of piperidine rings is 1. The van der Waals surface area contributed by atoms with E-state index in [-0.39, 0.29) is 6.04 Å². The van der Waals surface area contributed by atoms with E-state index in [1.165, 1.54) is 5.56 Å². The third-order valence-corrected chi connectivity index (χ3v) is 6.83. The zero-order valence-corrected chi connectivity index (χ0v) is 15.2. The molecule has 0 N–H and O–H groups in total. The summed E-state index contributed by atoms with van der Waals surface area (Å²) in [6.45, 7) is 4.79. The van der Waals surface area contributed by atoms with Crippen LogP contribution in [0.3, 0.4) is 0 Å². The standard InChI is InChI=1S/C20H25NO2S/c1-16-8-10-20(11-9-16)24(22,23)21-13-12-17(2)14-19(21)15-18-6-4-3-5-7-18/h3-11,17,19H,12-15H2,1-2H3. The van der Waals surface area contributed by atoms with Crippen LogP contribution in [0, 0.1) is 12.8 Å². The van der Waals surface area contributed by atoms with Crippen LogP contribution in [0.1, 0.15) is 30.9 Å². The Morgan fingerprint density at radius 1 is 1.04 bits per heavy atom. The number of sulfonamides is 1. The van der Waals surface area contributed by atoms with Gasteiger partial charge in [0.05, 0.1) is 4.90 Å². The molecule has 3 nitrogen and oxygen atoms in total. The summed E-state index contributed by atoms with van der Waals surface area (Å²) in [5.41, 5.74) is 2.27. The van der Waals surface area contributed by atoms with Gasteiger partial charge in [-0.3, -0.25) is 0 Å². The first kappa shape index (κ1) is 17.2. The molecular formula is C20H25NO2S. The second-order valence-electron chi connectivity index (χ2n) is 6.90. The van der Waals surface area contributed by atoms with Crippen molar-refractivity contribution in [1.82, 2.24) is 4.31 Å². The van der Waals surface area contributed by atoms with E-state index in [4.69, 9.17) is 0 Å². The second kappa shape index (κ2) is 7.08. The lowest BCUT2D eigenvalue weighted by Gasteiger charge is -2.37. The number of rotatable bonds is 4. The summed E-state index contributed by atoms with van der Waals surface area (Å²) in [6.07, 6.45) is 2.62. The lowest BCUT2D eigenvalue weighted by molar-refractivity contribution is 0.205. The molecule has 2 aromatic rings. The molecular weight excluding hydrogens is 318 g/mol. The Kier molecular flexibility index (Phi) is 5.07. The molecule has 0 amide bonds. The Labute approximate surface area is 145 Å². The minimum atomic E-state index is -3.44. The van der Waals surface area contributed by atoms with Crippen molar-refractivity contribution in [3.05, 3.63) is 65.7 Å². The van der Waals surface area contributed by atoms with Crippen LogP contribution < -0.4 is 0 Å². The summed E-state index contributed by atoms with van der Waals surface area (Å²) in [5.74, 6) is 0.559. The van der Waals surface area contributed by atoms with Crippen molar-refractivity contribution >= 4 is 10.0 Å². The molecule has 128 valence electrons. The molecule has 3 rings (SSSR count). The van der Waals surface area contributed by atoms with Crippen LogP contribution in [-0.2, 0) is 16.4 Å². The van der Waals surface area contributed by atoms with E-state index in [0.29, 0.717) is 17.4 Å². The number of aryl methyl sites for hydroxylation is 1. The van der Waals surface area contributed by atoms with E-state index in [1.54, 1.807) is 16.4 Å². The van der Waals surface area contributed by atoms with Gasteiger partial charge in [0, 0.05) is 12.6 Å². The predicted octanol–water partition coefficient (Wildman–Crippen LogP) is 4.03. The molecule has 1 heterocycles. The molecule has 2 unspecified atom stereocenters. The zero-order valence-electron chi connectivity index (χ0n) is 14.4. The Morgan fingerprint density at radius 3 is 2.38 bits per heavy atom. The molecule has 0 aliphatic carbocycles. The van der Waals surface area contributed by atoms with E-state index in [0.717, 1.165) is 24.8 Å². The van der Waals surface area contributed by atoms with E-state index in [1.807, 2.05) is 37.3 Å². The molecule has 1 saturated heterocycles. The van der Waals surface area contributed by atoms with Gasteiger partial charge in [0.25, 0.3) is 0 Å². The van der Waals surface area contributed by atoms with Crippen molar-refractivity contribution in [2.75, 3.05) is 6.54 Å². The number of hydrogen-bond acceptors (Lipinski definition) is 2. The molecule has 2 aromatic carbocycles. The lowest BCUT2D eigenvalue weighted by Crippen LogP contribution is -2.46. The van der Waals surface area contributed by atoms with Gasteiger partial charge >= 0.3 is 0 Å². The minimum Gasteiger partial charge on any atom is -0.207 e. The van der Waals surface area contributed by atoms with E-state index >= 15 is 0 Å². The number of nitrogens with zero attached hydrogens (tertiary/aromatic N) is 1. The summed E-state index contributed by atoms with van der Waals surface area (Å²) < 4.78 is 28.0. The van der Waals surface area contributed by atoms with Crippen molar-refractivity contribution in [1.29, 1.82) is 0 Å². The minimum absolute atomic E-state index is 0.0300. The largest absolute Gasteiger partial charge is 0.243 e. The normalized spacial score (nSPS) is 22.4. The zero-order chi connectivity index (χ0) is 17.2. The van der Waals surface area contributed by atoms with Crippen LogP contribution in [0.25, 0.3) is 0 Å². The van der Waals surface area contributed by atoms with Crippen LogP contribution in [-0.4, -0.2) is 25.3 Å². The van der Waals surface area contributed by atoms with E-state index in [9.17, 15) is 8.42 Å². The van der Waals surface area contributed by atoms with Gasteiger partial charge in [-0.1, -0.05) is 55.0 Å². The van der Waals surface area contributed by atoms with Crippen LogP contribution in [0.15, 0.2) is 59.5 Å². The predicted molar refractivity (Wildman–Crippen MR) is 97.4 cm³/mol. The highest BCUT2D eigenvalue weighted by Gasteiger charge is 2.35. The lowest BCUT2D eigenvalue weighted by atomic mass is 9.90. The highest BCUT2D eigenvalue weighted by atomic mass is 32.2. The van der Waals surface area contributed by atoms with Gasteiger partial charge in [-0.25, -0.2) is 8.42 Å². The Bertz CT molecular complexity index is 769. The fourth-order valence-electron chi connectivity index (χ4n) is 3.46. The molecule has 0 saturated carbocycles. The summed E-state index contributed by atoms with van der Waals surface area (Å²) >= 11 is 0. The fourth-order valence-corrected chi connectivity index (χ4v) is 5.11. The highest BCUT2D eigenvalue weighted by Crippen LogP contribution is 2.30. The van der Waals surface area contributed by atoms with Crippen LogP contribution in [0.2, 0.25) is 0 Å². The maximum atomic E-state index is 13.1. The SMILES string of the molecule is Cc1ccc(S(=O)(=O)N2CCC(C)CC2Cc2ccccc2)cc1. The van der Waals surface area contributed by atoms with Crippen molar-refractivity contribution < 1.29 is 8.42 Å². The maximum Gasteiger partial charge on any atom is 0.243 e. The molecule has 1 aliphatic rings. The Morgan fingerprint density at radius 2 is 1.71 bits per heavy atom. The first-order chi connectivity index (χ1) is 11.5. The van der Waals surface area contributed by atoms with Crippen molar-refractivity contribution in [3.8, 4) is 0 Å². The molecule has 4 heteroatoms.